The van der Waals surface area contributed by atoms with E-state index in [2.05, 4.69) is 27.1 Å². The third-order valence-corrected chi connectivity index (χ3v) is 14.0. The first-order chi connectivity index (χ1) is 24.6. The minimum atomic E-state index is -4.19. The molecule has 0 aromatic heterocycles. The molecule has 13 heteroatoms. The molecule has 3 aliphatic heterocycles. The standard InChI is InChI=1S/C38H47ClN4O7S/c1-42-17-3-6-33(50-36(45)40-28-13-18-48-22-28)30-10-7-26(30)21-43-23-37(14-2-5-25-19-27(39)8-11-31(25)37)24-49-34-12-9-29(20-32(34)43)51(46,47)41-35(44)38(42)15-4-16-38/h3,6,8-9,11-12,19-20,26,28,30,33H,2,4-5,7,10,13-18,21-24H2,1H3,(H,40,45)(H,41,44)/b6-3+/t26-,28-,30+,33-,37-/m0/s1. The van der Waals surface area contributed by atoms with Crippen LogP contribution in [0.4, 0.5) is 10.5 Å². The fourth-order valence-corrected chi connectivity index (χ4v) is 10.4. The van der Waals surface area contributed by atoms with Gasteiger partial charge in [0.25, 0.3) is 15.9 Å². The van der Waals surface area contributed by atoms with Crippen molar-refractivity contribution in [3.8, 4) is 5.75 Å². The first kappa shape index (κ1) is 34.7. The molecule has 2 N–H and O–H groups in total. The van der Waals surface area contributed by atoms with Crippen molar-refractivity contribution in [2.75, 3.05) is 51.4 Å². The summed E-state index contributed by atoms with van der Waals surface area (Å²) in [7, 11) is -2.34. The van der Waals surface area contributed by atoms with Gasteiger partial charge in [0.05, 0.1) is 29.8 Å². The summed E-state index contributed by atoms with van der Waals surface area (Å²) in [5, 5.41) is 3.69. The van der Waals surface area contributed by atoms with Crippen molar-refractivity contribution in [1.29, 1.82) is 0 Å². The van der Waals surface area contributed by atoms with Gasteiger partial charge in [-0.1, -0.05) is 23.7 Å². The van der Waals surface area contributed by atoms with Crippen LogP contribution in [0.3, 0.4) is 0 Å². The fraction of sp³-hybridized carbons (Fsp3) is 0.579. The highest BCUT2D eigenvalue weighted by Crippen LogP contribution is 2.47. The number of sulfonamides is 1. The second kappa shape index (κ2) is 13.6. The SMILES string of the molecule is CN1C/C=C/[C@H](OC(=O)N[C@H]2CCOC2)[C@@H]2CC[C@H]2CN2C[C@@]3(CCCc4cc(Cl)ccc43)COc3ccc(cc32)S(=O)(=O)NC(=O)C12CCC2. The Morgan fingerprint density at radius 3 is 2.71 bits per heavy atom. The maximum Gasteiger partial charge on any atom is 0.408 e. The molecule has 11 nitrogen and oxygen atoms in total. The lowest BCUT2D eigenvalue weighted by Gasteiger charge is -2.47. The summed E-state index contributed by atoms with van der Waals surface area (Å²) in [6.07, 6.45) is 10.3. The molecule has 3 heterocycles. The third kappa shape index (κ3) is 6.51. The molecule has 8 rings (SSSR count). The number of aryl methyl sites for hydroxylation is 1. The van der Waals surface area contributed by atoms with Crippen LogP contribution in [0.15, 0.2) is 53.4 Å². The fourth-order valence-electron chi connectivity index (χ4n) is 9.14. The first-order valence-electron chi connectivity index (χ1n) is 18.4. The van der Waals surface area contributed by atoms with Crippen molar-refractivity contribution < 1.29 is 32.2 Å². The number of carbonyl (C=O) groups is 2. The number of nitrogens with zero attached hydrogens (tertiary/aromatic N) is 2. The predicted octanol–water partition coefficient (Wildman–Crippen LogP) is 4.95. The van der Waals surface area contributed by atoms with Crippen molar-refractivity contribution in [1.82, 2.24) is 14.9 Å². The second-order valence-electron chi connectivity index (χ2n) is 15.4. The summed E-state index contributed by atoms with van der Waals surface area (Å²) in [5.41, 5.74) is 1.83. The van der Waals surface area contributed by atoms with E-state index in [1.54, 1.807) is 12.1 Å². The maximum atomic E-state index is 13.9. The Balaban J connectivity index is 1.18. The van der Waals surface area contributed by atoms with E-state index in [9.17, 15) is 18.0 Å². The van der Waals surface area contributed by atoms with E-state index in [0.29, 0.717) is 68.8 Å². The van der Waals surface area contributed by atoms with Crippen LogP contribution in [0.2, 0.25) is 5.02 Å². The third-order valence-electron chi connectivity index (χ3n) is 12.4. The molecule has 3 aliphatic carbocycles. The van der Waals surface area contributed by atoms with Crippen LogP contribution < -0.4 is 19.7 Å². The van der Waals surface area contributed by atoms with Crippen molar-refractivity contribution in [3.05, 3.63) is 64.7 Å². The number of halogens is 1. The summed E-state index contributed by atoms with van der Waals surface area (Å²) in [6.45, 7) is 3.17. The first-order valence-corrected chi connectivity index (χ1v) is 20.2. The number of anilines is 1. The zero-order chi connectivity index (χ0) is 35.4. The molecule has 274 valence electrons. The van der Waals surface area contributed by atoms with Gasteiger partial charge in [-0.3, -0.25) is 9.69 Å². The van der Waals surface area contributed by atoms with Gasteiger partial charge < -0.3 is 24.4 Å². The van der Waals surface area contributed by atoms with Gasteiger partial charge in [-0.2, -0.15) is 0 Å². The molecular formula is C38H47ClN4O7S. The lowest BCUT2D eigenvalue weighted by molar-refractivity contribution is -0.136. The number of fused-ring (bicyclic) bond motifs is 4. The molecule has 0 radical (unpaired) electrons. The molecule has 6 aliphatic rings. The summed E-state index contributed by atoms with van der Waals surface area (Å²) in [4.78, 5) is 31.3. The van der Waals surface area contributed by atoms with Crippen LogP contribution in [0.1, 0.15) is 62.5 Å². The summed E-state index contributed by atoms with van der Waals surface area (Å²) in [6, 6.07) is 11.0. The molecule has 3 fully saturated rings. The van der Waals surface area contributed by atoms with Crippen molar-refractivity contribution in [2.45, 2.75) is 85.8 Å². The number of hydrogen-bond acceptors (Lipinski definition) is 9. The average molecular weight is 739 g/mol. The van der Waals surface area contributed by atoms with Crippen LogP contribution >= 0.6 is 11.6 Å². The number of alkyl carbamates (subject to hydrolysis) is 1. The summed E-state index contributed by atoms with van der Waals surface area (Å²) in [5.74, 6) is 0.304. The number of carbonyl (C=O) groups excluding carboxylic acids is 2. The van der Waals surface area contributed by atoms with E-state index in [1.807, 2.05) is 30.2 Å². The molecule has 1 saturated heterocycles. The Labute approximate surface area is 305 Å². The Hall–Kier alpha value is -3.32. The van der Waals surface area contributed by atoms with E-state index in [1.165, 1.54) is 17.2 Å². The highest BCUT2D eigenvalue weighted by Gasteiger charge is 2.49. The number of likely N-dealkylation sites (N-methyl/N-ethyl adjacent to an activating group) is 1. The van der Waals surface area contributed by atoms with E-state index < -0.39 is 33.7 Å². The number of hydrogen-bond donors (Lipinski definition) is 2. The van der Waals surface area contributed by atoms with Gasteiger partial charge in [0.1, 0.15) is 17.4 Å². The molecule has 2 spiro atoms. The summed E-state index contributed by atoms with van der Waals surface area (Å²) >= 11 is 6.45. The van der Waals surface area contributed by atoms with Crippen molar-refractivity contribution >= 4 is 39.3 Å². The van der Waals surface area contributed by atoms with Crippen LogP contribution in [-0.2, 0) is 36.1 Å². The Kier molecular flexibility index (Phi) is 9.26. The maximum absolute atomic E-state index is 13.9. The molecule has 2 saturated carbocycles. The largest absolute Gasteiger partial charge is 0.490 e. The molecule has 2 amide bonds. The van der Waals surface area contributed by atoms with Gasteiger partial charge in [0.2, 0.25) is 0 Å². The molecule has 51 heavy (non-hydrogen) atoms. The molecule has 2 bridgehead atoms. The lowest BCUT2D eigenvalue weighted by atomic mass is 9.68. The zero-order valence-corrected chi connectivity index (χ0v) is 30.6. The number of amides is 2. The van der Waals surface area contributed by atoms with Gasteiger partial charge >= 0.3 is 6.09 Å². The average Bonchev–Trinajstić information content (AvgIpc) is 3.51. The number of nitrogens with one attached hydrogen (secondary N) is 2. The van der Waals surface area contributed by atoms with E-state index in [4.69, 9.17) is 25.8 Å². The van der Waals surface area contributed by atoms with Gasteiger partial charge in [-0.25, -0.2) is 17.9 Å². The minimum Gasteiger partial charge on any atom is -0.490 e. The monoisotopic (exact) mass is 738 g/mol. The molecular weight excluding hydrogens is 692 g/mol. The number of ether oxygens (including phenoxy) is 3. The predicted molar refractivity (Wildman–Crippen MR) is 193 cm³/mol. The highest BCUT2D eigenvalue weighted by molar-refractivity contribution is 7.90. The normalized spacial score (nSPS) is 31.9. The quantitative estimate of drug-likeness (QED) is 0.412. The van der Waals surface area contributed by atoms with Crippen LogP contribution in [0.25, 0.3) is 0 Å². The molecule has 0 unspecified atom stereocenters. The number of benzene rings is 2. The highest BCUT2D eigenvalue weighted by atomic mass is 35.5. The van der Waals surface area contributed by atoms with E-state index >= 15 is 0 Å². The van der Waals surface area contributed by atoms with Gasteiger partial charge in [-0.15, -0.1) is 0 Å². The topological polar surface area (TPSA) is 127 Å². The van der Waals surface area contributed by atoms with Crippen LogP contribution in [0.5, 0.6) is 5.75 Å². The zero-order valence-electron chi connectivity index (χ0n) is 29.1. The van der Waals surface area contributed by atoms with Gasteiger partial charge in [0, 0.05) is 42.6 Å². The van der Waals surface area contributed by atoms with Gasteiger partial charge in [0.15, 0.2) is 0 Å². The second-order valence-corrected chi connectivity index (χ2v) is 17.6. The Morgan fingerprint density at radius 1 is 1.10 bits per heavy atom. The number of rotatable bonds is 2. The Morgan fingerprint density at radius 2 is 1.96 bits per heavy atom. The minimum absolute atomic E-state index is 0.0259. The van der Waals surface area contributed by atoms with E-state index in [0.717, 1.165) is 44.9 Å². The van der Waals surface area contributed by atoms with E-state index in [-0.39, 0.29) is 28.2 Å². The molecule has 5 atom stereocenters. The Bertz CT molecular complexity index is 1830. The van der Waals surface area contributed by atoms with Crippen LogP contribution in [0, 0.1) is 11.8 Å². The van der Waals surface area contributed by atoms with Crippen LogP contribution in [-0.4, -0.2) is 89.5 Å². The molecule has 2 aromatic carbocycles. The smallest absolute Gasteiger partial charge is 0.408 e. The van der Waals surface area contributed by atoms with Crippen molar-refractivity contribution in [2.24, 2.45) is 11.8 Å². The molecule has 2 aromatic rings. The summed E-state index contributed by atoms with van der Waals surface area (Å²) < 4.78 is 48.5. The van der Waals surface area contributed by atoms with Gasteiger partial charge in [-0.05, 0) is 118 Å². The van der Waals surface area contributed by atoms with Crippen molar-refractivity contribution in [3.63, 3.8) is 0 Å². The lowest BCUT2D eigenvalue weighted by Crippen LogP contribution is -2.62.